The minimum absolute atomic E-state index is 0.536. The standard InChI is InChI=1S/C15H24N6/c1-3-19(4-2)12-7-9-20(10-8-12)14-6-5-13-15(16)17-11-18-21(13)14/h5-6,11-12H,3-4,7-10H2,1-2H3,(H2,16,17,18). The summed E-state index contributed by atoms with van der Waals surface area (Å²) in [5.74, 6) is 1.66. The molecule has 0 aromatic carbocycles. The van der Waals surface area contributed by atoms with Crippen LogP contribution in [0.3, 0.4) is 0 Å². The molecular weight excluding hydrogens is 264 g/mol. The molecular formula is C15H24N6. The fraction of sp³-hybridized carbons (Fsp3) is 0.600. The zero-order chi connectivity index (χ0) is 14.8. The maximum Gasteiger partial charge on any atom is 0.151 e. The first kappa shape index (κ1) is 14.1. The van der Waals surface area contributed by atoms with Gasteiger partial charge in [-0.2, -0.15) is 5.10 Å². The molecule has 1 saturated heterocycles. The minimum atomic E-state index is 0.536. The van der Waals surface area contributed by atoms with Gasteiger partial charge in [0.05, 0.1) is 0 Å². The van der Waals surface area contributed by atoms with Crippen LogP contribution in [-0.4, -0.2) is 51.7 Å². The molecule has 6 heteroatoms. The number of nitrogen functional groups attached to an aromatic ring is 1. The summed E-state index contributed by atoms with van der Waals surface area (Å²) < 4.78 is 1.90. The van der Waals surface area contributed by atoms with Gasteiger partial charge in [-0.05, 0) is 38.1 Å². The molecule has 3 rings (SSSR count). The van der Waals surface area contributed by atoms with Crippen molar-refractivity contribution in [3.8, 4) is 0 Å². The van der Waals surface area contributed by atoms with E-state index in [9.17, 15) is 0 Å². The average Bonchev–Trinajstić information content (AvgIpc) is 2.95. The van der Waals surface area contributed by atoms with Crippen LogP contribution in [0, 0.1) is 0 Å². The molecule has 1 fully saturated rings. The van der Waals surface area contributed by atoms with Crippen LogP contribution in [-0.2, 0) is 0 Å². The Hall–Kier alpha value is -1.82. The van der Waals surface area contributed by atoms with Crippen molar-refractivity contribution >= 4 is 17.2 Å². The molecule has 21 heavy (non-hydrogen) atoms. The van der Waals surface area contributed by atoms with E-state index < -0.39 is 0 Å². The summed E-state index contributed by atoms with van der Waals surface area (Å²) in [7, 11) is 0. The number of anilines is 2. The topological polar surface area (TPSA) is 62.7 Å². The second kappa shape index (κ2) is 5.89. The molecule has 3 heterocycles. The van der Waals surface area contributed by atoms with Crippen LogP contribution in [0.2, 0.25) is 0 Å². The Morgan fingerprint density at radius 3 is 2.62 bits per heavy atom. The molecule has 2 N–H and O–H groups in total. The molecule has 2 aromatic heterocycles. The van der Waals surface area contributed by atoms with Gasteiger partial charge in [0.15, 0.2) is 5.82 Å². The lowest BCUT2D eigenvalue weighted by atomic mass is 10.0. The molecule has 1 aliphatic heterocycles. The van der Waals surface area contributed by atoms with E-state index in [1.54, 1.807) is 0 Å². The number of fused-ring (bicyclic) bond motifs is 1. The van der Waals surface area contributed by atoms with Gasteiger partial charge in [-0.1, -0.05) is 13.8 Å². The molecule has 0 radical (unpaired) electrons. The van der Waals surface area contributed by atoms with Crippen molar-refractivity contribution in [1.29, 1.82) is 0 Å². The van der Waals surface area contributed by atoms with Crippen LogP contribution in [0.5, 0.6) is 0 Å². The SMILES string of the molecule is CCN(CC)C1CCN(c2ccc3c(N)ncnn23)CC1. The van der Waals surface area contributed by atoms with Crippen LogP contribution >= 0.6 is 0 Å². The molecule has 0 spiro atoms. The summed E-state index contributed by atoms with van der Waals surface area (Å²) >= 11 is 0. The summed E-state index contributed by atoms with van der Waals surface area (Å²) in [6.07, 6.45) is 3.93. The predicted octanol–water partition coefficient (Wildman–Crippen LogP) is 1.62. The second-order valence-electron chi connectivity index (χ2n) is 5.57. The van der Waals surface area contributed by atoms with E-state index in [0.717, 1.165) is 37.5 Å². The predicted molar refractivity (Wildman–Crippen MR) is 85.6 cm³/mol. The van der Waals surface area contributed by atoms with Gasteiger partial charge in [0.2, 0.25) is 0 Å². The zero-order valence-electron chi connectivity index (χ0n) is 12.9. The van der Waals surface area contributed by atoms with Gasteiger partial charge in [0.1, 0.15) is 17.7 Å². The van der Waals surface area contributed by atoms with Gasteiger partial charge in [-0.3, -0.25) is 0 Å². The summed E-state index contributed by atoms with van der Waals surface area (Å²) in [4.78, 5) is 9.01. The first-order chi connectivity index (χ1) is 10.2. The van der Waals surface area contributed by atoms with E-state index in [2.05, 4.69) is 39.8 Å². The summed E-state index contributed by atoms with van der Waals surface area (Å²) in [5.41, 5.74) is 6.79. The minimum Gasteiger partial charge on any atom is -0.382 e. The molecule has 0 amide bonds. The fourth-order valence-corrected chi connectivity index (χ4v) is 3.38. The monoisotopic (exact) mass is 288 g/mol. The van der Waals surface area contributed by atoms with Crippen molar-refractivity contribution in [3.05, 3.63) is 18.5 Å². The highest BCUT2D eigenvalue weighted by Gasteiger charge is 2.24. The molecule has 1 aliphatic rings. The lowest BCUT2D eigenvalue weighted by Gasteiger charge is -2.38. The number of nitrogens with two attached hydrogens (primary N) is 1. The van der Waals surface area contributed by atoms with Crippen molar-refractivity contribution in [1.82, 2.24) is 19.5 Å². The number of rotatable bonds is 4. The highest BCUT2D eigenvalue weighted by atomic mass is 15.3. The Morgan fingerprint density at radius 1 is 1.24 bits per heavy atom. The first-order valence-electron chi connectivity index (χ1n) is 7.81. The van der Waals surface area contributed by atoms with E-state index in [1.165, 1.54) is 19.2 Å². The molecule has 0 bridgehead atoms. The number of aromatic nitrogens is 3. The van der Waals surface area contributed by atoms with Crippen molar-refractivity contribution in [2.24, 2.45) is 0 Å². The van der Waals surface area contributed by atoms with Crippen molar-refractivity contribution in [2.45, 2.75) is 32.7 Å². The van der Waals surface area contributed by atoms with E-state index in [4.69, 9.17) is 5.73 Å². The summed E-state index contributed by atoms with van der Waals surface area (Å²) in [6, 6.07) is 4.81. The third-order valence-electron chi connectivity index (χ3n) is 4.58. The number of hydrogen-bond donors (Lipinski definition) is 1. The van der Waals surface area contributed by atoms with E-state index in [0.29, 0.717) is 11.9 Å². The molecule has 2 aromatic rings. The van der Waals surface area contributed by atoms with Crippen LogP contribution in [0.1, 0.15) is 26.7 Å². The first-order valence-corrected chi connectivity index (χ1v) is 7.81. The van der Waals surface area contributed by atoms with Gasteiger partial charge in [-0.25, -0.2) is 9.50 Å². The number of hydrogen-bond acceptors (Lipinski definition) is 5. The van der Waals surface area contributed by atoms with Gasteiger partial charge >= 0.3 is 0 Å². The van der Waals surface area contributed by atoms with E-state index in [1.807, 2.05) is 10.6 Å². The van der Waals surface area contributed by atoms with Crippen molar-refractivity contribution in [3.63, 3.8) is 0 Å². The number of nitrogens with zero attached hydrogens (tertiary/aromatic N) is 5. The third kappa shape index (κ3) is 2.55. The largest absolute Gasteiger partial charge is 0.382 e. The van der Waals surface area contributed by atoms with E-state index >= 15 is 0 Å². The number of piperidine rings is 1. The smallest absolute Gasteiger partial charge is 0.151 e. The summed E-state index contributed by atoms with van der Waals surface area (Å²) in [6.45, 7) is 8.90. The van der Waals surface area contributed by atoms with Gasteiger partial charge in [0, 0.05) is 19.1 Å². The zero-order valence-corrected chi connectivity index (χ0v) is 12.9. The lowest BCUT2D eigenvalue weighted by molar-refractivity contribution is 0.186. The van der Waals surface area contributed by atoms with Crippen molar-refractivity contribution in [2.75, 3.05) is 36.8 Å². The molecule has 0 unspecified atom stereocenters. The maximum absolute atomic E-state index is 5.90. The fourth-order valence-electron chi connectivity index (χ4n) is 3.38. The Bertz CT molecular complexity index is 595. The second-order valence-corrected chi connectivity index (χ2v) is 5.57. The summed E-state index contributed by atoms with van der Waals surface area (Å²) in [5, 5.41) is 4.34. The molecule has 114 valence electrons. The van der Waals surface area contributed by atoms with Gasteiger partial charge < -0.3 is 15.5 Å². The molecule has 6 nitrogen and oxygen atoms in total. The highest BCUT2D eigenvalue weighted by molar-refractivity contribution is 5.69. The Kier molecular flexibility index (Phi) is 3.96. The third-order valence-corrected chi connectivity index (χ3v) is 4.58. The maximum atomic E-state index is 5.90. The molecule has 0 aliphatic carbocycles. The van der Waals surface area contributed by atoms with Crippen LogP contribution in [0.4, 0.5) is 11.6 Å². The molecule has 0 atom stereocenters. The Morgan fingerprint density at radius 2 is 1.95 bits per heavy atom. The van der Waals surface area contributed by atoms with E-state index in [-0.39, 0.29) is 0 Å². The van der Waals surface area contributed by atoms with Crippen LogP contribution < -0.4 is 10.6 Å². The Balaban J connectivity index is 1.76. The normalized spacial score (nSPS) is 17.0. The average molecular weight is 288 g/mol. The van der Waals surface area contributed by atoms with Crippen molar-refractivity contribution < 1.29 is 0 Å². The quantitative estimate of drug-likeness (QED) is 0.926. The molecule has 0 saturated carbocycles. The van der Waals surface area contributed by atoms with Gasteiger partial charge in [-0.15, -0.1) is 0 Å². The van der Waals surface area contributed by atoms with Gasteiger partial charge in [0.25, 0.3) is 0 Å². The lowest BCUT2D eigenvalue weighted by Crippen LogP contribution is -2.45. The van der Waals surface area contributed by atoms with Crippen LogP contribution in [0.25, 0.3) is 5.52 Å². The van der Waals surface area contributed by atoms with Crippen LogP contribution in [0.15, 0.2) is 18.5 Å². The highest BCUT2D eigenvalue weighted by Crippen LogP contribution is 2.25. The Labute approximate surface area is 125 Å².